The third-order valence-corrected chi connectivity index (χ3v) is 3.97. The van der Waals surface area contributed by atoms with Crippen LogP contribution in [0, 0.1) is 6.92 Å². The van der Waals surface area contributed by atoms with E-state index in [4.69, 9.17) is 17.3 Å². The first-order valence-corrected chi connectivity index (χ1v) is 7.27. The molecule has 0 aliphatic heterocycles. The van der Waals surface area contributed by atoms with Crippen LogP contribution in [0.3, 0.4) is 0 Å². The van der Waals surface area contributed by atoms with E-state index in [-0.39, 0.29) is 17.1 Å². The number of nitrogens with two attached hydrogens (primary N) is 1. The first kappa shape index (κ1) is 18.8. The van der Waals surface area contributed by atoms with Crippen LogP contribution < -0.4 is 11.1 Å². The first-order valence-electron chi connectivity index (χ1n) is 6.89. The normalized spacial score (nSPS) is 12.9. The van der Waals surface area contributed by atoms with Gasteiger partial charge in [0.05, 0.1) is 22.6 Å². The predicted molar refractivity (Wildman–Crippen MR) is 82.0 cm³/mol. The number of nitrogens with zero attached hydrogens (tertiary/aromatic N) is 4. The number of halogens is 4. The van der Waals surface area contributed by atoms with Gasteiger partial charge in [-0.25, -0.2) is 0 Å². The van der Waals surface area contributed by atoms with E-state index in [1.165, 1.54) is 31.8 Å². The maximum absolute atomic E-state index is 12.9. The topological polar surface area (TPSA) is 108 Å². The van der Waals surface area contributed by atoms with E-state index in [2.05, 4.69) is 15.5 Å². The van der Waals surface area contributed by atoms with Gasteiger partial charge in [0.15, 0.2) is 5.69 Å². The van der Waals surface area contributed by atoms with E-state index in [0.717, 1.165) is 4.68 Å². The second-order valence-electron chi connectivity index (χ2n) is 5.25. The summed E-state index contributed by atoms with van der Waals surface area (Å²) in [7, 11) is 1.45. The van der Waals surface area contributed by atoms with Crippen molar-refractivity contribution in [2.75, 3.05) is 5.32 Å². The van der Waals surface area contributed by atoms with E-state index in [9.17, 15) is 22.8 Å². The number of rotatable bonds is 4. The van der Waals surface area contributed by atoms with Gasteiger partial charge < -0.3 is 11.1 Å². The largest absolute Gasteiger partial charge is 0.436 e. The van der Waals surface area contributed by atoms with Crippen molar-refractivity contribution in [1.82, 2.24) is 19.6 Å². The fourth-order valence-electron chi connectivity index (χ4n) is 2.23. The molecule has 0 unspecified atom stereocenters. The monoisotopic (exact) mass is 378 g/mol. The summed E-state index contributed by atoms with van der Waals surface area (Å²) in [5.74, 6) is -1.54. The third kappa shape index (κ3) is 3.45. The summed E-state index contributed by atoms with van der Waals surface area (Å²) < 4.78 is 40.7. The molecule has 0 aromatic carbocycles. The molecular formula is C13H14ClF3N6O2. The van der Waals surface area contributed by atoms with Gasteiger partial charge in [-0.3, -0.25) is 19.0 Å². The fourth-order valence-corrected chi connectivity index (χ4v) is 2.46. The van der Waals surface area contributed by atoms with Crippen LogP contribution in [0.5, 0.6) is 0 Å². The second kappa shape index (κ2) is 6.39. The number of hydrogen-bond donors (Lipinski definition) is 2. The molecule has 3 N–H and O–H groups in total. The van der Waals surface area contributed by atoms with Crippen LogP contribution in [-0.2, 0) is 18.0 Å². The second-order valence-corrected chi connectivity index (χ2v) is 5.63. The number of amides is 2. The van der Waals surface area contributed by atoms with Crippen molar-refractivity contribution >= 4 is 29.1 Å². The highest BCUT2D eigenvalue weighted by Gasteiger charge is 2.39. The van der Waals surface area contributed by atoms with Gasteiger partial charge in [-0.15, -0.1) is 0 Å². The van der Waals surface area contributed by atoms with Gasteiger partial charge in [-0.2, -0.15) is 23.4 Å². The maximum Gasteiger partial charge on any atom is 0.436 e. The Labute approximate surface area is 144 Å². The van der Waals surface area contributed by atoms with Crippen LogP contribution in [0.2, 0.25) is 5.02 Å². The van der Waals surface area contributed by atoms with E-state index < -0.39 is 34.7 Å². The van der Waals surface area contributed by atoms with Crippen molar-refractivity contribution in [3.63, 3.8) is 0 Å². The van der Waals surface area contributed by atoms with Crippen molar-refractivity contribution in [1.29, 1.82) is 0 Å². The third-order valence-electron chi connectivity index (χ3n) is 3.52. The van der Waals surface area contributed by atoms with Crippen LogP contribution in [0.4, 0.5) is 18.9 Å². The molecule has 2 rings (SSSR count). The van der Waals surface area contributed by atoms with Gasteiger partial charge in [-0.05, 0) is 13.8 Å². The van der Waals surface area contributed by atoms with Gasteiger partial charge in [0.1, 0.15) is 11.7 Å². The number of carbonyl (C=O) groups is 2. The molecule has 8 nitrogen and oxygen atoms in total. The molecule has 0 aliphatic rings. The Balaban J connectivity index is 2.32. The molecule has 1 atom stereocenters. The number of carbonyl (C=O) groups excluding carboxylic acids is 2. The molecule has 2 aromatic heterocycles. The Hall–Kier alpha value is -2.56. The number of aromatic nitrogens is 4. The lowest BCUT2D eigenvalue weighted by Gasteiger charge is -2.14. The quantitative estimate of drug-likeness (QED) is 0.846. The Morgan fingerprint density at radius 2 is 2.00 bits per heavy atom. The number of primary amides is 1. The Morgan fingerprint density at radius 1 is 1.40 bits per heavy atom. The Morgan fingerprint density at radius 3 is 2.48 bits per heavy atom. The van der Waals surface area contributed by atoms with Crippen LogP contribution >= 0.6 is 11.6 Å². The summed E-state index contributed by atoms with van der Waals surface area (Å²) in [4.78, 5) is 23.7. The molecule has 12 heteroatoms. The maximum atomic E-state index is 12.9. The summed E-state index contributed by atoms with van der Waals surface area (Å²) in [5.41, 5.74) is 3.91. The van der Waals surface area contributed by atoms with E-state index in [1.807, 2.05) is 0 Å². The van der Waals surface area contributed by atoms with Crippen molar-refractivity contribution in [3.05, 3.63) is 28.3 Å². The lowest BCUT2D eigenvalue weighted by Crippen LogP contribution is -2.27. The van der Waals surface area contributed by atoms with Gasteiger partial charge in [0.25, 0.3) is 5.91 Å². The molecule has 0 radical (unpaired) electrons. The zero-order valence-electron chi connectivity index (χ0n) is 13.3. The van der Waals surface area contributed by atoms with Crippen LogP contribution in [-0.4, -0.2) is 31.4 Å². The minimum atomic E-state index is -4.74. The standard InChI is InChI=1S/C13H14ClF3N6O2/c1-5-8(14)10(13(15,16)17)21-23(5)6(2)12(25)20-7-4-19-22(3)9(7)11(18)24/h4,6H,1-3H3,(H2,18,24)(H,20,25)/t6-/m0/s1. The Bertz CT molecular complexity index is 842. The molecule has 0 saturated carbocycles. The minimum absolute atomic E-state index is 0.0158. The van der Waals surface area contributed by atoms with Crippen molar-refractivity contribution in [2.45, 2.75) is 26.1 Å². The average molecular weight is 379 g/mol. The summed E-state index contributed by atoms with van der Waals surface area (Å²) in [6.07, 6.45) is -3.54. The molecule has 2 aromatic rings. The highest BCUT2D eigenvalue weighted by Crippen LogP contribution is 2.36. The number of aryl methyl sites for hydroxylation is 1. The highest BCUT2D eigenvalue weighted by atomic mass is 35.5. The average Bonchev–Trinajstić information content (AvgIpc) is 2.99. The zero-order valence-corrected chi connectivity index (χ0v) is 14.1. The molecule has 136 valence electrons. The molecule has 0 bridgehead atoms. The molecule has 2 heterocycles. The van der Waals surface area contributed by atoms with E-state index in [0.29, 0.717) is 0 Å². The minimum Gasteiger partial charge on any atom is -0.364 e. The lowest BCUT2D eigenvalue weighted by molar-refractivity contribution is -0.141. The van der Waals surface area contributed by atoms with Gasteiger partial charge in [-0.1, -0.05) is 11.6 Å². The van der Waals surface area contributed by atoms with Gasteiger partial charge in [0.2, 0.25) is 5.91 Å². The van der Waals surface area contributed by atoms with Crippen molar-refractivity contribution in [3.8, 4) is 0 Å². The molecule has 0 fully saturated rings. The molecular weight excluding hydrogens is 365 g/mol. The van der Waals surface area contributed by atoms with Crippen LogP contribution in [0.15, 0.2) is 6.20 Å². The zero-order chi connectivity index (χ0) is 19.1. The molecule has 2 amide bonds. The molecule has 25 heavy (non-hydrogen) atoms. The fraction of sp³-hybridized carbons (Fsp3) is 0.385. The smallest absolute Gasteiger partial charge is 0.364 e. The van der Waals surface area contributed by atoms with E-state index in [1.54, 1.807) is 0 Å². The summed E-state index contributed by atoms with van der Waals surface area (Å²) in [5, 5.41) is 9.01. The lowest BCUT2D eigenvalue weighted by atomic mass is 10.2. The number of hydrogen-bond acceptors (Lipinski definition) is 4. The summed E-state index contributed by atoms with van der Waals surface area (Å²) >= 11 is 5.67. The highest BCUT2D eigenvalue weighted by molar-refractivity contribution is 6.32. The molecule has 0 spiro atoms. The molecule has 0 saturated heterocycles. The van der Waals surface area contributed by atoms with E-state index >= 15 is 0 Å². The SMILES string of the molecule is Cc1c(Cl)c(C(F)(F)F)nn1[C@@H](C)C(=O)Nc1cnn(C)c1C(N)=O. The van der Waals surface area contributed by atoms with Gasteiger partial charge in [0, 0.05) is 7.05 Å². The van der Waals surface area contributed by atoms with Crippen molar-refractivity contribution in [2.24, 2.45) is 12.8 Å². The number of nitrogens with one attached hydrogen (secondary N) is 1. The summed E-state index contributed by atoms with van der Waals surface area (Å²) in [6.45, 7) is 2.65. The van der Waals surface area contributed by atoms with Crippen LogP contribution in [0.25, 0.3) is 0 Å². The summed E-state index contributed by atoms with van der Waals surface area (Å²) in [6, 6.07) is -1.13. The Kier molecular flexibility index (Phi) is 4.80. The number of alkyl halides is 3. The van der Waals surface area contributed by atoms with Crippen molar-refractivity contribution < 1.29 is 22.8 Å². The molecule has 0 aliphatic carbocycles. The number of anilines is 1. The predicted octanol–water partition coefficient (Wildman–Crippen LogP) is 1.90. The van der Waals surface area contributed by atoms with Gasteiger partial charge >= 0.3 is 6.18 Å². The first-order chi connectivity index (χ1) is 11.4. The van der Waals surface area contributed by atoms with Crippen LogP contribution in [0.1, 0.15) is 34.8 Å².